The molecule has 1 atom stereocenters. The van der Waals surface area contributed by atoms with Crippen molar-refractivity contribution in [2.24, 2.45) is 11.1 Å². The van der Waals surface area contributed by atoms with Crippen LogP contribution in [0.5, 0.6) is 0 Å². The van der Waals surface area contributed by atoms with E-state index in [0.717, 1.165) is 0 Å². The number of nitrogens with zero attached hydrogens (tertiary/aromatic N) is 1. The Morgan fingerprint density at radius 2 is 1.79 bits per heavy atom. The van der Waals surface area contributed by atoms with Gasteiger partial charge in [-0.1, -0.05) is 45.9 Å². The van der Waals surface area contributed by atoms with Crippen molar-refractivity contribution < 1.29 is 0 Å². The fourth-order valence-corrected chi connectivity index (χ4v) is 2.82. The molecular weight excluding hydrogens is 232 g/mol. The van der Waals surface area contributed by atoms with Crippen LogP contribution < -0.4 is 5.73 Å². The molecular formula is C17H30N2. The van der Waals surface area contributed by atoms with E-state index in [4.69, 9.17) is 5.73 Å². The highest BCUT2D eigenvalue weighted by Gasteiger charge is 2.32. The van der Waals surface area contributed by atoms with Crippen LogP contribution in [0.25, 0.3) is 0 Å². The first-order valence-corrected chi connectivity index (χ1v) is 7.17. The maximum absolute atomic E-state index is 6.00. The lowest BCUT2D eigenvalue weighted by Crippen LogP contribution is -2.39. The Kier molecular flexibility index (Phi) is 5.17. The van der Waals surface area contributed by atoms with Gasteiger partial charge < -0.3 is 10.6 Å². The first-order valence-electron chi connectivity index (χ1n) is 7.17. The fraction of sp³-hybridized carbons (Fsp3) is 0.647. The van der Waals surface area contributed by atoms with Gasteiger partial charge in [0.05, 0.1) is 0 Å². The summed E-state index contributed by atoms with van der Waals surface area (Å²) in [5.74, 6) is 0.558. The quantitative estimate of drug-likeness (QED) is 0.876. The van der Waals surface area contributed by atoms with Crippen molar-refractivity contribution >= 4 is 0 Å². The highest BCUT2D eigenvalue weighted by Crippen LogP contribution is 2.38. The topological polar surface area (TPSA) is 29.3 Å². The molecule has 0 saturated carbocycles. The minimum absolute atomic E-state index is 0.0594. The number of nitrogens with two attached hydrogens (primary N) is 1. The van der Waals surface area contributed by atoms with Gasteiger partial charge in [0.15, 0.2) is 0 Å². The van der Waals surface area contributed by atoms with Gasteiger partial charge >= 0.3 is 0 Å². The molecule has 1 aromatic rings. The van der Waals surface area contributed by atoms with Crippen LogP contribution >= 0.6 is 0 Å². The summed E-state index contributed by atoms with van der Waals surface area (Å²) in [5, 5.41) is 0. The van der Waals surface area contributed by atoms with Crippen molar-refractivity contribution in [3.8, 4) is 0 Å². The maximum atomic E-state index is 6.00. The molecule has 0 amide bonds. The standard InChI is InChI=1S/C17H30N2/c1-12(2)14-9-8-13(3)15(10-14)16(19(6)7)17(4,5)11-18/h8-10,12,16H,11,18H2,1-7H3. The summed E-state index contributed by atoms with van der Waals surface area (Å²) in [4.78, 5) is 2.29. The second kappa shape index (κ2) is 6.06. The van der Waals surface area contributed by atoms with E-state index >= 15 is 0 Å². The van der Waals surface area contributed by atoms with Crippen molar-refractivity contribution in [1.82, 2.24) is 4.90 Å². The molecule has 0 aliphatic heterocycles. The third-order valence-corrected chi connectivity index (χ3v) is 4.05. The summed E-state index contributed by atoms with van der Waals surface area (Å²) in [6.07, 6.45) is 0. The molecule has 2 nitrogen and oxygen atoms in total. The molecule has 0 radical (unpaired) electrons. The second-order valence-corrected chi connectivity index (χ2v) is 6.83. The van der Waals surface area contributed by atoms with Crippen LogP contribution in [0.3, 0.4) is 0 Å². The van der Waals surface area contributed by atoms with Gasteiger partial charge in [-0.15, -0.1) is 0 Å². The lowest BCUT2D eigenvalue weighted by Gasteiger charge is -2.39. The van der Waals surface area contributed by atoms with Crippen molar-refractivity contribution in [3.63, 3.8) is 0 Å². The lowest BCUT2D eigenvalue weighted by atomic mass is 9.77. The van der Waals surface area contributed by atoms with Crippen LogP contribution in [-0.2, 0) is 0 Å². The summed E-state index contributed by atoms with van der Waals surface area (Å²) in [6.45, 7) is 11.9. The molecule has 1 rings (SSSR count). The molecule has 0 aromatic heterocycles. The van der Waals surface area contributed by atoms with E-state index in [2.05, 4.69) is 71.8 Å². The Morgan fingerprint density at radius 3 is 2.21 bits per heavy atom. The third-order valence-electron chi connectivity index (χ3n) is 4.05. The Morgan fingerprint density at radius 1 is 1.21 bits per heavy atom. The van der Waals surface area contributed by atoms with Crippen molar-refractivity contribution in [1.29, 1.82) is 0 Å². The zero-order chi connectivity index (χ0) is 14.8. The summed E-state index contributed by atoms with van der Waals surface area (Å²) in [6, 6.07) is 7.19. The molecule has 0 heterocycles. The van der Waals surface area contributed by atoms with Crippen molar-refractivity contribution in [2.75, 3.05) is 20.6 Å². The van der Waals surface area contributed by atoms with Crippen LogP contribution in [0.1, 0.15) is 56.3 Å². The highest BCUT2D eigenvalue weighted by atomic mass is 15.1. The molecule has 2 N–H and O–H groups in total. The largest absolute Gasteiger partial charge is 0.330 e. The third kappa shape index (κ3) is 3.58. The van der Waals surface area contributed by atoms with Crippen LogP contribution in [0, 0.1) is 12.3 Å². The van der Waals surface area contributed by atoms with Crippen molar-refractivity contribution in [3.05, 3.63) is 34.9 Å². The van der Waals surface area contributed by atoms with E-state index in [1.54, 1.807) is 0 Å². The molecule has 1 aromatic carbocycles. The van der Waals surface area contributed by atoms with Crippen LogP contribution in [0.2, 0.25) is 0 Å². The smallest absolute Gasteiger partial charge is 0.0407 e. The molecule has 0 aliphatic carbocycles. The number of hydrogen-bond donors (Lipinski definition) is 1. The van der Waals surface area contributed by atoms with E-state index in [1.807, 2.05) is 0 Å². The van der Waals surface area contributed by atoms with E-state index in [-0.39, 0.29) is 5.41 Å². The van der Waals surface area contributed by atoms with Crippen LogP contribution in [0.4, 0.5) is 0 Å². The number of hydrogen-bond acceptors (Lipinski definition) is 2. The van der Waals surface area contributed by atoms with E-state index in [1.165, 1.54) is 16.7 Å². The zero-order valence-corrected chi connectivity index (χ0v) is 13.6. The molecule has 108 valence electrons. The molecule has 0 spiro atoms. The van der Waals surface area contributed by atoms with Gasteiger partial charge in [-0.2, -0.15) is 0 Å². The highest BCUT2D eigenvalue weighted by molar-refractivity contribution is 5.36. The molecule has 0 fully saturated rings. The molecule has 2 heteroatoms. The van der Waals surface area contributed by atoms with Crippen LogP contribution in [0.15, 0.2) is 18.2 Å². The van der Waals surface area contributed by atoms with Gasteiger partial charge in [0, 0.05) is 6.04 Å². The van der Waals surface area contributed by atoms with Gasteiger partial charge in [-0.05, 0) is 55.6 Å². The number of aryl methyl sites for hydroxylation is 1. The first-order chi connectivity index (χ1) is 8.70. The van der Waals surface area contributed by atoms with E-state index < -0.39 is 0 Å². The Labute approximate surface area is 119 Å². The SMILES string of the molecule is Cc1ccc(C(C)C)cc1C(N(C)C)C(C)(C)CN. The molecule has 0 saturated heterocycles. The minimum Gasteiger partial charge on any atom is -0.330 e. The number of benzene rings is 1. The second-order valence-electron chi connectivity index (χ2n) is 6.83. The average Bonchev–Trinajstić information content (AvgIpc) is 2.30. The van der Waals surface area contributed by atoms with Crippen molar-refractivity contribution in [2.45, 2.75) is 46.6 Å². The Bertz CT molecular complexity index is 419. The Balaban J connectivity index is 3.34. The summed E-state index contributed by atoms with van der Waals surface area (Å²) < 4.78 is 0. The lowest BCUT2D eigenvalue weighted by molar-refractivity contribution is 0.142. The van der Waals surface area contributed by atoms with Gasteiger partial charge in [-0.25, -0.2) is 0 Å². The van der Waals surface area contributed by atoms with E-state index in [9.17, 15) is 0 Å². The van der Waals surface area contributed by atoms with Gasteiger partial charge in [0.1, 0.15) is 0 Å². The summed E-state index contributed by atoms with van der Waals surface area (Å²) in [7, 11) is 4.28. The monoisotopic (exact) mass is 262 g/mol. The Hall–Kier alpha value is -0.860. The van der Waals surface area contributed by atoms with Gasteiger partial charge in [-0.3, -0.25) is 0 Å². The van der Waals surface area contributed by atoms with Gasteiger partial charge in [0.2, 0.25) is 0 Å². The molecule has 0 aliphatic rings. The molecule has 1 unspecified atom stereocenters. The average molecular weight is 262 g/mol. The first kappa shape index (κ1) is 16.2. The molecule has 19 heavy (non-hydrogen) atoms. The predicted molar refractivity (Wildman–Crippen MR) is 84.5 cm³/mol. The van der Waals surface area contributed by atoms with Crippen LogP contribution in [-0.4, -0.2) is 25.5 Å². The normalized spacial score (nSPS) is 14.2. The molecule has 0 bridgehead atoms. The summed E-state index contributed by atoms with van der Waals surface area (Å²) >= 11 is 0. The van der Waals surface area contributed by atoms with Gasteiger partial charge in [0.25, 0.3) is 0 Å². The zero-order valence-electron chi connectivity index (χ0n) is 13.6. The fourth-order valence-electron chi connectivity index (χ4n) is 2.82. The summed E-state index contributed by atoms with van der Waals surface area (Å²) in [5.41, 5.74) is 10.2. The predicted octanol–water partition coefficient (Wildman–Crippen LogP) is 3.71. The van der Waals surface area contributed by atoms with E-state index in [0.29, 0.717) is 18.5 Å². The maximum Gasteiger partial charge on any atom is 0.0407 e. The number of rotatable bonds is 5. The minimum atomic E-state index is 0.0594.